The van der Waals surface area contributed by atoms with Crippen molar-refractivity contribution in [1.29, 1.82) is 0 Å². The molecule has 0 saturated heterocycles. The van der Waals surface area contributed by atoms with Crippen LogP contribution >= 0.6 is 0 Å². The predicted octanol–water partition coefficient (Wildman–Crippen LogP) is 2.05. The molecule has 0 aliphatic rings. The fourth-order valence-corrected chi connectivity index (χ4v) is 1.87. The quantitative estimate of drug-likeness (QED) is 0.729. The van der Waals surface area contributed by atoms with Gasteiger partial charge in [0.1, 0.15) is 0 Å². The number of nitrogens with one attached hydrogen (secondary N) is 1. The lowest BCUT2D eigenvalue weighted by atomic mass is 10.2. The average molecular weight is 227 g/mol. The smallest absolute Gasteiger partial charge is 0.0770 e. The van der Waals surface area contributed by atoms with Gasteiger partial charge in [0, 0.05) is 31.4 Å². The third kappa shape index (κ3) is 1.75. The minimum atomic E-state index is 0.981. The van der Waals surface area contributed by atoms with Crippen molar-refractivity contribution in [2.24, 2.45) is 14.1 Å². The van der Waals surface area contributed by atoms with Crippen LogP contribution < -0.4 is 5.32 Å². The highest BCUT2D eigenvalue weighted by Crippen LogP contribution is 2.21. The third-order valence-corrected chi connectivity index (χ3v) is 2.74. The molecule has 86 valence electrons. The summed E-state index contributed by atoms with van der Waals surface area (Å²) in [7, 11) is 3.84. The number of anilines is 2. The standard InChI is InChI=1S/C12H13N5/c1-16-8-11(7-13-16)15-10-4-3-9-6-14-17(2)12(9)5-10/h3-8,15H,1-2H3. The molecule has 3 aromatic rings. The maximum atomic E-state index is 4.22. The van der Waals surface area contributed by atoms with E-state index in [1.807, 2.05) is 37.2 Å². The Balaban J connectivity index is 1.97. The number of hydrogen-bond acceptors (Lipinski definition) is 3. The van der Waals surface area contributed by atoms with E-state index in [-0.39, 0.29) is 0 Å². The molecule has 0 atom stereocenters. The molecule has 1 aromatic carbocycles. The summed E-state index contributed by atoms with van der Waals surface area (Å²) in [5.41, 5.74) is 3.13. The molecular formula is C12H13N5. The first-order chi connectivity index (χ1) is 8.22. The molecule has 0 unspecified atom stereocenters. The van der Waals surface area contributed by atoms with Crippen molar-refractivity contribution >= 4 is 22.3 Å². The molecule has 3 rings (SSSR count). The zero-order chi connectivity index (χ0) is 11.8. The molecule has 2 heterocycles. The molecule has 0 fully saturated rings. The van der Waals surface area contributed by atoms with Crippen molar-refractivity contribution in [1.82, 2.24) is 19.6 Å². The summed E-state index contributed by atoms with van der Waals surface area (Å²) in [4.78, 5) is 0. The molecule has 0 saturated carbocycles. The van der Waals surface area contributed by atoms with Crippen molar-refractivity contribution in [3.63, 3.8) is 0 Å². The van der Waals surface area contributed by atoms with E-state index in [4.69, 9.17) is 0 Å². The van der Waals surface area contributed by atoms with Crippen LogP contribution in [0.15, 0.2) is 36.8 Å². The lowest BCUT2D eigenvalue weighted by molar-refractivity contribution is 0.768. The third-order valence-electron chi connectivity index (χ3n) is 2.74. The van der Waals surface area contributed by atoms with Gasteiger partial charge >= 0.3 is 0 Å². The van der Waals surface area contributed by atoms with Crippen LogP contribution in [0.2, 0.25) is 0 Å². The first-order valence-electron chi connectivity index (χ1n) is 5.40. The Morgan fingerprint density at radius 1 is 1.06 bits per heavy atom. The van der Waals surface area contributed by atoms with Gasteiger partial charge in [-0.1, -0.05) is 0 Å². The van der Waals surface area contributed by atoms with Crippen LogP contribution in [0.4, 0.5) is 11.4 Å². The SMILES string of the molecule is Cn1cc(Nc2ccc3cnn(C)c3c2)cn1. The topological polar surface area (TPSA) is 47.7 Å². The summed E-state index contributed by atoms with van der Waals surface area (Å²) in [6.07, 6.45) is 5.60. The Labute approximate surface area is 98.7 Å². The summed E-state index contributed by atoms with van der Waals surface area (Å²) in [5, 5.41) is 12.8. The second kappa shape index (κ2) is 3.62. The normalized spacial score (nSPS) is 10.9. The van der Waals surface area contributed by atoms with Crippen molar-refractivity contribution in [3.05, 3.63) is 36.8 Å². The molecule has 0 amide bonds. The summed E-state index contributed by atoms with van der Waals surface area (Å²) in [6, 6.07) is 6.17. The number of hydrogen-bond donors (Lipinski definition) is 1. The Bertz CT molecular complexity index is 664. The van der Waals surface area contributed by atoms with Gasteiger partial charge in [-0.3, -0.25) is 9.36 Å². The number of rotatable bonds is 2. The summed E-state index contributed by atoms with van der Waals surface area (Å²) in [6.45, 7) is 0. The number of fused-ring (bicyclic) bond motifs is 1. The summed E-state index contributed by atoms with van der Waals surface area (Å²) < 4.78 is 3.63. The molecule has 0 radical (unpaired) electrons. The van der Waals surface area contributed by atoms with Crippen LogP contribution in [0.3, 0.4) is 0 Å². The number of aryl methyl sites for hydroxylation is 2. The molecule has 0 aliphatic carbocycles. The largest absolute Gasteiger partial charge is 0.353 e. The fourth-order valence-electron chi connectivity index (χ4n) is 1.87. The van der Waals surface area contributed by atoms with Crippen molar-refractivity contribution < 1.29 is 0 Å². The second-order valence-corrected chi connectivity index (χ2v) is 4.07. The minimum absolute atomic E-state index is 0.981. The van der Waals surface area contributed by atoms with Crippen molar-refractivity contribution in [2.75, 3.05) is 5.32 Å². The molecule has 17 heavy (non-hydrogen) atoms. The van der Waals surface area contributed by atoms with Crippen LogP contribution in [0.25, 0.3) is 10.9 Å². The molecular weight excluding hydrogens is 214 g/mol. The average Bonchev–Trinajstić information content (AvgIpc) is 2.87. The number of nitrogens with zero attached hydrogens (tertiary/aromatic N) is 4. The highest BCUT2D eigenvalue weighted by Gasteiger charge is 2.02. The van der Waals surface area contributed by atoms with E-state index in [0.717, 1.165) is 22.3 Å². The second-order valence-electron chi connectivity index (χ2n) is 4.07. The fraction of sp³-hybridized carbons (Fsp3) is 0.167. The van der Waals surface area contributed by atoms with Crippen LogP contribution in [0.1, 0.15) is 0 Å². The van der Waals surface area contributed by atoms with Gasteiger partial charge in [0.15, 0.2) is 0 Å². The van der Waals surface area contributed by atoms with Gasteiger partial charge < -0.3 is 5.32 Å². The zero-order valence-electron chi connectivity index (χ0n) is 9.75. The zero-order valence-corrected chi connectivity index (χ0v) is 9.75. The highest BCUT2D eigenvalue weighted by molar-refractivity contribution is 5.83. The van der Waals surface area contributed by atoms with Crippen LogP contribution in [0, 0.1) is 0 Å². The van der Waals surface area contributed by atoms with E-state index in [1.54, 1.807) is 10.9 Å². The maximum absolute atomic E-state index is 4.22. The molecule has 1 N–H and O–H groups in total. The van der Waals surface area contributed by atoms with Gasteiger partial charge in [-0.25, -0.2) is 0 Å². The lowest BCUT2D eigenvalue weighted by Crippen LogP contribution is -1.92. The van der Waals surface area contributed by atoms with E-state index < -0.39 is 0 Å². The minimum Gasteiger partial charge on any atom is -0.353 e. The van der Waals surface area contributed by atoms with Gasteiger partial charge in [-0.15, -0.1) is 0 Å². The molecule has 0 bridgehead atoms. The molecule has 5 nitrogen and oxygen atoms in total. The highest BCUT2D eigenvalue weighted by atomic mass is 15.3. The maximum Gasteiger partial charge on any atom is 0.0770 e. The van der Waals surface area contributed by atoms with E-state index in [0.29, 0.717) is 0 Å². The van der Waals surface area contributed by atoms with Gasteiger partial charge in [0.2, 0.25) is 0 Å². The van der Waals surface area contributed by atoms with Gasteiger partial charge in [-0.05, 0) is 18.2 Å². The van der Waals surface area contributed by atoms with Crippen molar-refractivity contribution in [3.8, 4) is 0 Å². The lowest BCUT2D eigenvalue weighted by Gasteiger charge is -2.03. The van der Waals surface area contributed by atoms with E-state index in [2.05, 4.69) is 27.6 Å². The summed E-state index contributed by atoms with van der Waals surface area (Å²) >= 11 is 0. The molecule has 5 heteroatoms. The van der Waals surface area contributed by atoms with Crippen molar-refractivity contribution in [2.45, 2.75) is 0 Å². The van der Waals surface area contributed by atoms with E-state index in [1.165, 1.54) is 0 Å². The predicted molar refractivity (Wildman–Crippen MR) is 67.2 cm³/mol. The molecule has 2 aromatic heterocycles. The number of benzene rings is 1. The number of aromatic nitrogens is 4. The summed E-state index contributed by atoms with van der Waals surface area (Å²) in [5.74, 6) is 0. The first kappa shape index (κ1) is 9.89. The Kier molecular flexibility index (Phi) is 2.11. The Hall–Kier alpha value is -2.30. The van der Waals surface area contributed by atoms with Gasteiger partial charge in [0.05, 0.1) is 23.6 Å². The van der Waals surface area contributed by atoms with Crippen LogP contribution in [0.5, 0.6) is 0 Å². The first-order valence-corrected chi connectivity index (χ1v) is 5.40. The van der Waals surface area contributed by atoms with Gasteiger partial charge in [0.25, 0.3) is 0 Å². The van der Waals surface area contributed by atoms with Crippen LogP contribution in [-0.4, -0.2) is 19.6 Å². The van der Waals surface area contributed by atoms with E-state index >= 15 is 0 Å². The Morgan fingerprint density at radius 2 is 1.94 bits per heavy atom. The van der Waals surface area contributed by atoms with Gasteiger partial charge in [-0.2, -0.15) is 10.2 Å². The van der Waals surface area contributed by atoms with E-state index in [9.17, 15) is 0 Å². The monoisotopic (exact) mass is 227 g/mol. The Morgan fingerprint density at radius 3 is 2.71 bits per heavy atom. The molecule has 0 aliphatic heterocycles. The van der Waals surface area contributed by atoms with Crippen LogP contribution in [-0.2, 0) is 14.1 Å². The molecule has 0 spiro atoms.